The fraction of sp³-hybridized carbons (Fsp3) is 0.188. The number of ether oxygens (including phenoxy) is 3. The SMILES string of the molecule is C=C(OCC)c1sc(C(=O)OC)c(Oc2ccccc2)c1Cl. The molecule has 0 atom stereocenters. The molecule has 0 aliphatic carbocycles. The van der Waals surface area contributed by atoms with Gasteiger partial charge in [-0.25, -0.2) is 4.79 Å². The van der Waals surface area contributed by atoms with Crippen LogP contribution < -0.4 is 4.74 Å². The van der Waals surface area contributed by atoms with E-state index in [0.717, 1.165) is 11.3 Å². The maximum absolute atomic E-state index is 11.9. The van der Waals surface area contributed by atoms with Crippen LogP contribution in [0.4, 0.5) is 0 Å². The molecule has 116 valence electrons. The number of halogens is 1. The zero-order valence-corrected chi connectivity index (χ0v) is 13.8. The van der Waals surface area contributed by atoms with E-state index in [0.29, 0.717) is 23.0 Å². The minimum absolute atomic E-state index is 0.251. The van der Waals surface area contributed by atoms with Crippen LogP contribution in [0, 0.1) is 0 Å². The lowest BCUT2D eigenvalue weighted by molar-refractivity contribution is 0.0604. The first-order valence-corrected chi connectivity index (χ1v) is 7.73. The van der Waals surface area contributed by atoms with Gasteiger partial charge >= 0.3 is 5.97 Å². The molecule has 2 aromatic rings. The molecule has 1 heterocycles. The third kappa shape index (κ3) is 3.43. The second kappa shape index (κ2) is 7.33. The second-order valence-corrected chi connectivity index (χ2v) is 5.56. The van der Waals surface area contributed by atoms with Crippen molar-refractivity contribution in [3.8, 4) is 11.5 Å². The first-order chi connectivity index (χ1) is 10.6. The van der Waals surface area contributed by atoms with Crippen LogP contribution in [0.2, 0.25) is 5.02 Å². The highest BCUT2D eigenvalue weighted by Crippen LogP contribution is 2.45. The Balaban J connectivity index is 2.45. The molecule has 6 heteroatoms. The Bertz CT molecular complexity index is 679. The predicted molar refractivity (Wildman–Crippen MR) is 87.8 cm³/mol. The van der Waals surface area contributed by atoms with Crippen molar-refractivity contribution in [1.29, 1.82) is 0 Å². The number of carbonyl (C=O) groups is 1. The second-order valence-electron chi connectivity index (χ2n) is 4.17. The van der Waals surface area contributed by atoms with Gasteiger partial charge in [-0.05, 0) is 19.1 Å². The highest BCUT2D eigenvalue weighted by Gasteiger charge is 2.26. The summed E-state index contributed by atoms with van der Waals surface area (Å²) in [5.74, 6) is 0.695. The lowest BCUT2D eigenvalue weighted by atomic mass is 10.3. The van der Waals surface area contributed by atoms with Crippen molar-refractivity contribution in [1.82, 2.24) is 0 Å². The van der Waals surface area contributed by atoms with Crippen LogP contribution in [0.15, 0.2) is 36.9 Å². The number of benzene rings is 1. The molecule has 0 fully saturated rings. The molecule has 0 aliphatic rings. The van der Waals surface area contributed by atoms with E-state index in [2.05, 4.69) is 6.58 Å². The number of esters is 1. The zero-order valence-electron chi connectivity index (χ0n) is 12.2. The van der Waals surface area contributed by atoms with Crippen molar-refractivity contribution < 1.29 is 19.0 Å². The van der Waals surface area contributed by atoms with Crippen molar-refractivity contribution in [3.05, 3.63) is 51.7 Å². The number of methoxy groups -OCH3 is 1. The Kier molecular flexibility index (Phi) is 5.46. The van der Waals surface area contributed by atoms with Gasteiger partial charge in [-0.1, -0.05) is 36.4 Å². The molecule has 0 spiro atoms. The molecule has 0 N–H and O–H groups in total. The van der Waals surface area contributed by atoms with Crippen molar-refractivity contribution in [2.75, 3.05) is 13.7 Å². The number of hydrogen-bond donors (Lipinski definition) is 0. The topological polar surface area (TPSA) is 44.8 Å². The summed E-state index contributed by atoms with van der Waals surface area (Å²) < 4.78 is 15.9. The van der Waals surface area contributed by atoms with E-state index in [4.69, 9.17) is 25.8 Å². The summed E-state index contributed by atoms with van der Waals surface area (Å²) in [6.07, 6.45) is 0. The van der Waals surface area contributed by atoms with Gasteiger partial charge in [0.1, 0.15) is 16.5 Å². The van der Waals surface area contributed by atoms with Gasteiger partial charge in [0.15, 0.2) is 10.6 Å². The monoisotopic (exact) mass is 338 g/mol. The zero-order chi connectivity index (χ0) is 16.1. The highest BCUT2D eigenvalue weighted by atomic mass is 35.5. The normalized spacial score (nSPS) is 10.1. The summed E-state index contributed by atoms with van der Waals surface area (Å²) in [7, 11) is 1.30. The quantitative estimate of drug-likeness (QED) is 0.550. The molecule has 0 saturated heterocycles. The molecular formula is C16H15ClO4S. The van der Waals surface area contributed by atoms with E-state index in [1.165, 1.54) is 7.11 Å². The van der Waals surface area contributed by atoms with Gasteiger partial charge in [-0.3, -0.25) is 0 Å². The molecule has 22 heavy (non-hydrogen) atoms. The van der Waals surface area contributed by atoms with Crippen LogP contribution in [0.25, 0.3) is 5.76 Å². The molecule has 0 unspecified atom stereocenters. The van der Waals surface area contributed by atoms with Gasteiger partial charge in [-0.15, -0.1) is 11.3 Å². The minimum Gasteiger partial charge on any atom is -0.493 e. The van der Waals surface area contributed by atoms with Crippen LogP contribution in [-0.4, -0.2) is 19.7 Å². The molecule has 0 radical (unpaired) electrons. The molecule has 1 aromatic carbocycles. The third-order valence-electron chi connectivity index (χ3n) is 2.71. The Morgan fingerprint density at radius 3 is 2.55 bits per heavy atom. The van der Waals surface area contributed by atoms with Gasteiger partial charge < -0.3 is 14.2 Å². The lowest BCUT2D eigenvalue weighted by Crippen LogP contribution is -2.00. The van der Waals surface area contributed by atoms with E-state index >= 15 is 0 Å². The Morgan fingerprint density at radius 2 is 1.95 bits per heavy atom. The molecule has 0 amide bonds. The molecule has 0 saturated carbocycles. The molecule has 0 aliphatic heterocycles. The number of hydrogen-bond acceptors (Lipinski definition) is 5. The van der Waals surface area contributed by atoms with E-state index in [9.17, 15) is 4.79 Å². The summed E-state index contributed by atoms with van der Waals surface area (Å²) in [6.45, 7) is 6.11. The smallest absolute Gasteiger partial charge is 0.351 e. The average molecular weight is 339 g/mol. The van der Waals surface area contributed by atoms with E-state index in [-0.39, 0.29) is 15.6 Å². The lowest BCUT2D eigenvalue weighted by Gasteiger charge is -2.07. The Hall–Kier alpha value is -1.98. The number of rotatable bonds is 6. The van der Waals surface area contributed by atoms with Gasteiger partial charge in [0, 0.05) is 0 Å². The maximum atomic E-state index is 11.9. The van der Waals surface area contributed by atoms with Crippen LogP contribution in [-0.2, 0) is 9.47 Å². The molecule has 0 bridgehead atoms. The minimum atomic E-state index is -0.520. The first-order valence-electron chi connectivity index (χ1n) is 6.54. The van der Waals surface area contributed by atoms with Crippen molar-refractivity contribution >= 4 is 34.7 Å². The Morgan fingerprint density at radius 1 is 1.27 bits per heavy atom. The third-order valence-corrected chi connectivity index (χ3v) is 4.38. The van der Waals surface area contributed by atoms with Crippen molar-refractivity contribution in [3.63, 3.8) is 0 Å². The van der Waals surface area contributed by atoms with E-state index in [1.807, 2.05) is 25.1 Å². The molecule has 4 nitrogen and oxygen atoms in total. The standard InChI is InChI=1S/C16H15ClO4S/c1-4-20-10(2)14-12(17)13(15(22-14)16(18)19-3)21-11-8-6-5-7-9-11/h5-9H,2,4H2,1,3H3. The summed E-state index contributed by atoms with van der Waals surface area (Å²) in [5, 5.41) is 0.285. The summed E-state index contributed by atoms with van der Waals surface area (Å²) in [5.41, 5.74) is 0. The van der Waals surface area contributed by atoms with Gasteiger partial charge in [0.05, 0.1) is 18.6 Å². The number of thiophene rings is 1. The molecular weight excluding hydrogens is 324 g/mol. The largest absolute Gasteiger partial charge is 0.493 e. The fourth-order valence-electron chi connectivity index (χ4n) is 1.74. The van der Waals surface area contributed by atoms with Gasteiger partial charge in [0.2, 0.25) is 0 Å². The first kappa shape index (κ1) is 16.4. The summed E-state index contributed by atoms with van der Waals surface area (Å²) >= 11 is 7.48. The highest BCUT2D eigenvalue weighted by molar-refractivity contribution is 7.16. The van der Waals surface area contributed by atoms with Crippen LogP contribution >= 0.6 is 22.9 Å². The number of carbonyl (C=O) groups excluding carboxylic acids is 1. The van der Waals surface area contributed by atoms with Gasteiger partial charge in [0.25, 0.3) is 0 Å². The molecule has 1 aromatic heterocycles. The summed E-state index contributed by atoms with van der Waals surface area (Å²) in [6, 6.07) is 9.06. The van der Waals surface area contributed by atoms with Crippen LogP contribution in [0.3, 0.4) is 0 Å². The number of para-hydroxylation sites is 1. The molecule has 2 rings (SSSR count). The van der Waals surface area contributed by atoms with Crippen LogP contribution in [0.5, 0.6) is 11.5 Å². The fourth-order valence-corrected chi connectivity index (χ4v) is 3.11. The van der Waals surface area contributed by atoms with Crippen molar-refractivity contribution in [2.24, 2.45) is 0 Å². The van der Waals surface area contributed by atoms with E-state index in [1.54, 1.807) is 12.1 Å². The van der Waals surface area contributed by atoms with Crippen LogP contribution in [0.1, 0.15) is 21.5 Å². The Labute approximate surface area is 137 Å². The van der Waals surface area contributed by atoms with Crippen molar-refractivity contribution in [2.45, 2.75) is 6.92 Å². The maximum Gasteiger partial charge on any atom is 0.351 e. The predicted octanol–water partition coefficient (Wildman–Crippen LogP) is 4.99. The average Bonchev–Trinajstić information content (AvgIpc) is 2.85. The summed E-state index contributed by atoms with van der Waals surface area (Å²) in [4.78, 5) is 12.8. The van der Waals surface area contributed by atoms with E-state index < -0.39 is 5.97 Å². The van der Waals surface area contributed by atoms with Gasteiger partial charge in [-0.2, -0.15) is 0 Å².